The van der Waals surface area contributed by atoms with Crippen LogP contribution in [-0.4, -0.2) is 18.4 Å². The summed E-state index contributed by atoms with van der Waals surface area (Å²) in [5.41, 5.74) is 0.795. The molecule has 2 heterocycles. The highest BCUT2D eigenvalue weighted by atomic mass is 35.5. The minimum absolute atomic E-state index is 0.0166. The molecule has 7 heteroatoms. The summed E-state index contributed by atoms with van der Waals surface area (Å²) in [6.45, 7) is 0.734. The fraction of sp³-hybridized carbons (Fsp3) is 0.250. The molecule has 1 aliphatic heterocycles. The van der Waals surface area contributed by atoms with Gasteiger partial charge in [-0.3, -0.25) is 9.59 Å². The van der Waals surface area contributed by atoms with E-state index in [1.165, 1.54) is 11.3 Å². The first kappa shape index (κ1) is 16.3. The second-order valence-electron chi connectivity index (χ2n) is 5.31. The van der Waals surface area contributed by atoms with E-state index >= 15 is 0 Å². The number of anilines is 1. The average molecular weight is 369 g/mol. The van der Waals surface area contributed by atoms with Gasteiger partial charge in [-0.15, -0.1) is 11.3 Å². The second-order valence-corrected chi connectivity index (χ2v) is 7.08. The van der Waals surface area contributed by atoms with Crippen LogP contribution in [0.5, 0.6) is 0 Å². The van der Waals surface area contributed by atoms with Crippen molar-refractivity contribution in [2.45, 2.75) is 13.0 Å². The van der Waals surface area contributed by atoms with Gasteiger partial charge in [0.15, 0.2) is 0 Å². The summed E-state index contributed by atoms with van der Waals surface area (Å²) in [5, 5.41) is 6.71. The highest BCUT2D eigenvalue weighted by molar-refractivity contribution is 7.14. The maximum Gasteiger partial charge on any atom is 0.228 e. The largest absolute Gasteiger partial charge is 0.352 e. The molecule has 4 nitrogen and oxygen atoms in total. The molecular weight excluding hydrogens is 355 g/mol. The number of carbonyl (C=O) groups excluding carboxylic acids is 2. The fourth-order valence-electron chi connectivity index (χ4n) is 2.51. The predicted octanol–water partition coefficient (Wildman–Crippen LogP) is 3.72. The molecule has 1 aliphatic rings. The molecule has 0 spiro atoms. The SMILES string of the molecule is O=C(NCc1ccc(Cl)cc1Cl)C1CC(=O)N(c2cccs2)C1. The molecule has 23 heavy (non-hydrogen) atoms. The predicted molar refractivity (Wildman–Crippen MR) is 93.1 cm³/mol. The van der Waals surface area contributed by atoms with Crippen LogP contribution in [0.3, 0.4) is 0 Å². The summed E-state index contributed by atoms with van der Waals surface area (Å²) >= 11 is 13.4. The molecule has 0 aliphatic carbocycles. The third-order valence-corrected chi connectivity index (χ3v) is 5.21. The van der Waals surface area contributed by atoms with E-state index in [-0.39, 0.29) is 24.2 Å². The summed E-state index contributed by atoms with van der Waals surface area (Å²) < 4.78 is 0. The van der Waals surface area contributed by atoms with Gasteiger partial charge in [0.2, 0.25) is 11.8 Å². The van der Waals surface area contributed by atoms with Crippen molar-refractivity contribution in [3.05, 3.63) is 51.3 Å². The van der Waals surface area contributed by atoms with Crippen LogP contribution in [0.4, 0.5) is 5.00 Å². The highest BCUT2D eigenvalue weighted by Gasteiger charge is 2.35. The molecule has 2 amide bonds. The first-order valence-electron chi connectivity index (χ1n) is 7.10. The van der Waals surface area contributed by atoms with Gasteiger partial charge >= 0.3 is 0 Å². The van der Waals surface area contributed by atoms with E-state index in [1.807, 2.05) is 17.5 Å². The zero-order valence-corrected chi connectivity index (χ0v) is 14.4. The van der Waals surface area contributed by atoms with Crippen molar-refractivity contribution in [3.63, 3.8) is 0 Å². The minimum Gasteiger partial charge on any atom is -0.352 e. The number of benzene rings is 1. The normalized spacial score (nSPS) is 17.6. The van der Waals surface area contributed by atoms with Crippen LogP contribution >= 0.6 is 34.5 Å². The number of thiophene rings is 1. The summed E-state index contributed by atoms with van der Waals surface area (Å²) in [6.07, 6.45) is 0.234. The van der Waals surface area contributed by atoms with Crippen LogP contribution in [0.2, 0.25) is 10.0 Å². The standard InChI is InChI=1S/C16H14Cl2N2O2S/c17-12-4-3-10(13(18)7-12)8-19-16(22)11-6-14(21)20(9-11)15-2-1-5-23-15/h1-5,7,11H,6,8-9H2,(H,19,22). The number of halogens is 2. The number of hydrogen-bond donors (Lipinski definition) is 1. The third-order valence-electron chi connectivity index (χ3n) is 3.74. The number of nitrogens with zero attached hydrogens (tertiary/aromatic N) is 1. The number of hydrogen-bond acceptors (Lipinski definition) is 3. The number of nitrogens with one attached hydrogen (secondary N) is 1. The molecule has 0 bridgehead atoms. The first-order chi connectivity index (χ1) is 11.0. The van der Waals surface area contributed by atoms with E-state index < -0.39 is 0 Å². The summed E-state index contributed by atoms with van der Waals surface area (Å²) in [5.74, 6) is -0.490. The van der Waals surface area contributed by atoms with Crippen LogP contribution in [0, 0.1) is 5.92 Å². The second kappa shape index (κ2) is 6.91. The molecule has 3 rings (SSSR count). The molecule has 1 saturated heterocycles. The Kier molecular flexibility index (Phi) is 4.90. The molecule has 120 valence electrons. The molecule has 2 aromatic rings. The van der Waals surface area contributed by atoms with Gasteiger partial charge in [-0.25, -0.2) is 0 Å². The van der Waals surface area contributed by atoms with Crippen molar-refractivity contribution < 1.29 is 9.59 Å². The topological polar surface area (TPSA) is 49.4 Å². The Labute approximate surface area is 148 Å². The van der Waals surface area contributed by atoms with Crippen molar-refractivity contribution in [3.8, 4) is 0 Å². The Morgan fingerprint density at radius 1 is 1.35 bits per heavy atom. The molecular formula is C16H14Cl2N2O2S. The van der Waals surface area contributed by atoms with E-state index in [0.717, 1.165) is 10.6 Å². The molecule has 1 aromatic carbocycles. The smallest absolute Gasteiger partial charge is 0.228 e. The van der Waals surface area contributed by atoms with E-state index in [2.05, 4.69) is 5.32 Å². The van der Waals surface area contributed by atoms with E-state index in [9.17, 15) is 9.59 Å². The molecule has 1 N–H and O–H groups in total. The van der Waals surface area contributed by atoms with Crippen LogP contribution in [-0.2, 0) is 16.1 Å². The van der Waals surface area contributed by atoms with Gasteiger partial charge in [-0.1, -0.05) is 29.3 Å². The van der Waals surface area contributed by atoms with Gasteiger partial charge in [-0.2, -0.15) is 0 Å². The Hall–Kier alpha value is -1.56. The van der Waals surface area contributed by atoms with Gasteiger partial charge in [0, 0.05) is 29.6 Å². The van der Waals surface area contributed by atoms with Gasteiger partial charge < -0.3 is 10.2 Å². The van der Waals surface area contributed by atoms with E-state index in [0.29, 0.717) is 23.1 Å². The molecule has 1 atom stereocenters. The van der Waals surface area contributed by atoms with Crippen molar-refractivity contribution >= 4 is 51.4 Å². The van der Waals surface area contributed by atoms with Gasteiger partial charge in [0.25, 0.3) is 0 Å². The quantitative estimate of drug-likeness (QED) is 0.893. The Bertz CT molecular complexity index is 734. The Balaban J connectivity index is 1.60. The molecule has 0 saturated carbocycles. The third kappa shape index (κ3) is 3.68. The lowest BCUT2D eigenvalue weighted by Crippen LogP contribution is -2.32. The summed E-state index contributed by atoms with van der Waals surface area (Å²) in [6, 6.07) is 8.93. The number of amides is 2. The van der Waals surface area contributed by atoms with Crippen LogP contribution in [0.1, 0.15) is 12.0 Å². The molecule has 1 fully saturated rings. The van der Waals surface area contributed by atoms with Crippen LogP contribution in [0.25, 0.3) is 0 Å². The van der Waals surface area contributed by atoms with E-state index in [1.54, 1.807) is 23.1 Å². The molecule has 1 unspecified atom stereocenters. The van der Waals surface area contributed by atoms with Crippen LogP contribution < -0.4 is 10.2 Å². The average Bonchev–Trinajstić information content (AvgIpc) is 3.15. The fourth-order valence-corrected chi connectivity index (χ4v) is 3.74. The lowest BCUT2D eigenvalue weighted by Gasteiger charge is -2.14. The van der Waals surface area contributed by atoms with Crippen molar-refractivity contribution in [2.75, 3.05) is 11.4 Å². The minimum atomic E-state index is -0.337. The highest BCUT2D eigenvalue weighted by Crippen LogP contribution is 2.29. The van der Waals surface area contributed by atoms with E-state index in [4.69, 9.17) is 23.2 Å². The summed E-state index contributed by atoms with van der Waals surface area (Å²) in [7, 11) is 0. The van der Waals surface area contributed by atoms with Crippen molar-refractivity contribution in [1.29, 1.82) is 0 Å². The maximum absolute atomic E-state index is 12.3. The zero-order chi connectivity index (χ0) is 16.4. The van der Waals surface area contributed by atoms with Crippen LogP contribution in [0.15, 0.2) is 35.7 Å². The van der Waals surface area contributed by atoms with Gasteiger partial charge in [-0.05, 0) is 35.2 Å². The number of carbonyl (C=O) groups is 2. The monoisotopic (exact) mass is 368 g/mol. The van der Waals surface area contributed by atoms with Gasteiger partial charge in [0.1, 0.15) is 0 Å². The zero-order valence-electron chi connectivity index (χ0n) is 12.1. The summed E-state index contributed by atoms with van der Waals surface area (Å²) in [4.78, 5) is 26.0. The lowest BCUT2D eigenvalue weighted by atomic mass is 10.1. The Morgan fingerprint density at radius 2 is 2.17 bits per heavy atom. The van der Waals surface area contributed by atoms with Crippen molar-refractivity contribution in [1.82, 2.24) is 5.32 Å². The molecule has 1 aromatic heterocycles. The van der Waals surface area contributed by atoms with Gasteiger partial charge in [0.05, 0.1) is 10.9 Å². The molecule has 0 radical (unpaired) electrons. The number of rotatable bonds is 4. The lowest BCUT2D eigenvalue weighted by molar-refractivity contribution is -0.126. The van der Waals surface area contributed by atoms with Crippen molar-refractivity contribution in [2.24, 2.45) is 5.92 Å². The first-order valence-corrected chi connectivity index (χ1v) is 8.73. The Morgan fingerprint density at radius 3 is 2.87 bits per heavy atom. The maximum atomic E-state index is 12.3.